The monoisotopic (exact) mass is 381 g/mol. The quantitative estimate of drug-likeness (QED) is 0.664. The third kappa shape index (κ3) is 1.76. The van der Waals surface area contributed by atoms with E-state index in [9.17, 15) is 13.2 Å². The zero-order valence-corrected chi connectivity index (χ0v) is 17.1. The van der Waals surface area contributed by atoms with Gasteiger partial charge in [0.25, 0.3) is 0 Å². The number of hydrogen-bond donors (Lipinski definition) is 0. The molecule has 1 aliphatic heterocycles. The molecular weight excluding hydrogens is 350 g/mol. The molecule has 6 unspecified atom stereocenters. The summed E-state index contributed by atoms with van der Waals surface area (Å²) in [5.41, 5.74) is -0.0546. The second-order valence-corrected chi connectivity index (χ2v) is 11.2. The van der Waals surface area contributed by atoms with E-state index in [1.165, 1.54) is 10.7 Å². The van der Waals surface area contributed by atoms with Gasteiger partial charge in [-0.15, -0.1) is 6.58 Å². The van der Waals surface area contributed by atoms with E-state index in [1.807, 2.05) is 0 Å². The van der Waals surface area contributed by atoms with Crippen LogP contribution in [0.15, 0.2) is 12.7 Å². The molecule has 0 aromatic carbocycles. The summed E-state index contributed by atoms with van der Waals surface area (Å²) in [6, 6.07) is -0.151. The standard InChI is InChI=1S/C20H31NO4S/c1-6-7-8-15(25-5)13(2)17(22)21-16-11-14-9-10-19(14)18(3,4)20(16,19)12-26(21,23)24/h6,13-16H,1,7-12H2,2-5H3. The summed E-state index contributed by atoms with van der Waals surface area (Å²) < 4.78 is 33.0. The van der Waals surface area contributed by atoms with Gasteiger partial charge in [-0.3, -0.25) is 4.79 Å². The molecule has 4 fully saturated rings. The molecule has 0 aromatic heterocycles. The fourth-order valence-electron chi connectivity index (χ4n) is 7.44. The minimum Gasteiger partial charge on any atom is -0.381 e. The molecule has 3 aliphatic carbocycles. The Labute approximate surface area is 157 Å². The molecule has 0 aromatic rings. The summed E-state index contributed by atoms with van der Waals surface area (Å²) in [5, 5.41) is 0. The molecule has 4 aliphatic rings. The summed E-state index contributed by atoms with van der Waals surface area (Å²) in [4.78, 5) is 13.3. The van der Waals surface area contributed by atoms with Gasteiger partial charge in [0.15, 0.2) is 0 Å². The smallest absolute Gasteiger partial charge is 0.241 e. The Morgan fingerprint density at radius 3 is 2.58 bits per heavy atom. The minimum atomic E-state index is -3.56. The fourth-order valence-corrected chi connectivity index (χ4v) is 10.1. The summed E-state index contributed by atoms with van der Waals surface area (Å²) in [7, 11) is -1.97. The number of carbonyl (C=O) groups excluding carboxylic acids is 1. The van der Waals surface area contributed by atoms with E-state index in [0.717, 1.165) is 19.3 Å². The van der Waals surface area contributed by atoms with Crippen molar-refractivity contribution in [2.75, 3.05) is 12.9 Å². The lowest BCUT2D eigenvalue weighted by Crippen LogP contribution is -2.46. The molecule has 4 rings (SSSR count). The average molecular weight is 382 g/mol. The van der Waals surface area contributed by atoms with Crippen molar-refractivity contribution in [1.82, 2.24) is 4.31 Å². The molecule has 5 nitrogen and oxygen atoms in total. The Bertz CT molecular complexity index is 760. The van der Waals surface area contributed by atoms with Crippen LogP contribution in [0.2, 0.25) is 0 Å². The van der Waals surface area contributed by atoms with E-state index in [4.69, 9.17) is 4.74 Å². The highest BCUT2D eigenvalue weighted by molar-refractivity contribution is 7.90. The van der Waals surface area contributed by atoms with Crippen LogP contribution in [-0.4, -0.2) is 43.6 Å². The number of nitrogens with zero attached hydrogens (tertiary/aromatic N) is 1. The number of amides is 1. The predicted molar refractivity (Wildman–Crippen MR) is 99.8 cm³/mol. The van der Waals surface area contributed by atoms with Crippen molar-refractivity contribution in [3.63, 3.8) is 0 Å². The maximum Gasteiger partial charge on any atom is 0.241 e. The number of hydrogen-bond acceptors (Lipinski definition) is 4. The van der Waals surface area contributed by atoms with Crippen LogP contribution < -0.4 is 0 Å². The zero-order chi connectivity index (χ0) is 19.1. The number of carbonyl (C=O) groups is 1. The molecule has 6 heteroatoms. The molecule has 26 heavy (non-hydrogen) atoms. The zero-order valence-electron chi connectivity index (χ0n) is 16.3. The lowest BCUT2D eigenvalue weighted by atomic mass is 9.66. The van der Waals surface area contributed by atoms with Crippen LogP contribution in [0.3, 0.4) is 0 Å². The average Bonchev–Trinajstić information content (AvgIpc) is 2.74. The van der Waals surface area contributed by atoms with Gasteiger partial charge in [0.05, 0.1) is 23.8 Å². The number of rotatable bonds is 6. The predicted octanol–water partition coefficient (Wildman–Crippen LogP) is 2.97. The van der Waals surface area contributed by atoms with Gasteiger partial charge < -0.3 is 4.74 Å². The Morgan fingerprint density at radius 2 is 2.08 bits per heavy atom. The molecule has 146 valence electrons. The van der Waals surface area contributed by atoms with Gasteiger partial charge in [-0.25, -0.2) is 12.7 Å². The van der Waals surface area contributed by atoms with E-state index in [2.05, 4.69) is 20.4 Å². The van der Waals surface area contributed by atoms with Crippen molar-refractivity contribution in [2.24, 2.45) is 28.1 Å². The Hall–Kier alpha value is -0.880. The largest absolute Gasteiger partial charge is 0.381 e. The van der Waals surface area contributed by atoms with E-state index >= 15 is 0 Å². The molecule has 1 saturated heterocycles. The van der Waals surface area contributed by atoms with Gasteiger partial charge in [0, 0.05) is 12.5 Å². The van der Waals surface area contributed by atoms with Crippen molar-refractivity contribution >= 4 is 15.9 Å². The summed E-state index contributed by atoms with van der Waals surface area (Å²) >= 11 is 0. The number of sulfonamides is 1. The third-order valence-corrected chi connectivity index (χ3v) is 10.6. The first-order valence-electron chi connectivity index (χ1n) is 9.82. The van der Waals surface area contributed by atoms with Crippen molar-refractivity contribution in [1.29, 1.82) is 0 Å². The topological polar surface area (TPSA) is 63.7 Å². The lowest BCUT2D eigenvalue weighted by Gasteiger charge is -2.39. The van der Waals surface area contributed by atoms with Crippen molar-refractivity contribution in [2.45, 2.75) is 65.0 Å². The van der Waals surface area contributed by atoms with Crippen molar-refractivity contribution < 1.29 is 17.9 Å². The first kappa shape index (κ1) is 18.5. The molecule has 1 amide bonds. The van der Waals surface area contributed by atoms with Gasteiger partial charge in [0.2, 0.25) is 15.9 Å². The van der Waals surface area contributed by atoms with Crippen LogP contribution in [0, 0.1) is 28.1 Å². The lowest BCUT2D eigenvalue weighted by molar-refractivity contribution is -0.136. The molecule has 0 bridgehead atoms. The molecule has 3 saturated carbocycles. The van der Waals surface area contributed by atoms with Crippen LogP contribution in [0.1, 0.15) is 52.9 Å². The van der Waals surface area contributed by atoms with Gasteiger partial charge in [-0.2, -0.15) is 0 Å². The number of ether oxygens (including phenoxy) is 1. The third-order valence-electron chi connectivity index (χ3n) is 8.74. The van der Waals surface area contributed by atoms with Gasteiger partial charge in [-0.05, 0) is 48.9 Å². The van der Waals surface area contributed by atoms with E-state index in [0.29, 0.717) is 12.3 Å². The molecular formula is C20H31NO4S. The second-order valence-electron chi connectivity index (χ2n) is 9.37. The van der Waals surface area contributed by atoms with Crippen molar-refractivity contribution in [3.8, 4) is 0 Å². The first-order chi connectivity index (χ1) is 12.1. The summed E-state index contributed by atoms with van der Waals surface area (Å²) in [6.07, 6.45) is 6.09. The normalized spacial score (nSPS) is 42.8. The summed E-state index contributed by atoms with van der Waals surface area (Å²) in [5.74, 6) is -0.0119. The van der Waals surface area contributed by atoms with Crippen LogP contribution >= 0.6 is 0 Å². The van der Waals surface area contributed by atoms with Crippen LogP contribution in [0.25, 0.3) is 0 Å². The maximum atomic E-state index is 13.3. The summed E-state index contributed by atoms with van der Waals surface area (Å²) in [6.45, 7) is 9.97. The van der Waals surface area contributed by atoms with Gasteiger partial charge in [-0.1, -0.05) is 26.8 Å². The molecule has 0 radical (unpaired) electrons. The Morgan fingerprint density at radius 1 is 1.38 bits per heavy atom. The number of methoxy groups -OCH3 is 1. The molecule has 6 atom stereocenters. The fraction of sp³-hybridized carbons (Fsp3) is 0.850. The molecule has 2 spiro atoms. The molecule has 0 N–H and O–H groups in total. The highest BCUT2D eigenvalue weighted by atomic mass is 32.2. The van der Waals surface area contributed by atoms with Gasteiger partial charge in [0.1, 0.15) is 0 Å². The Kier molecular flexibility index (Phi) is 3.80. The van der Waals surface area contributed by atoms with Crippen molar-refractivity contribution in [3.05, 3.63) is 12.7 Å². The highest BCUT2D eigenvalue weighted by Crippen LogP contribution is 2.94. The van der Waals surface area contributed by atoms with E-state index in [1.54, 1.807) is 20.1 Å². The minimum absolute atomic E-state index is 0.0146. The van der Waals surface area contributed by atoms with Crippen LogP contribution in [-0.2, 0) is 19.6 Å². The van der Waals surface area contributed by atoms with Crippen LogP contribution in [0.4, 0.5) is 0 Å². The SMILES string of the molecule is C=CCCC(OC)C(C)C(=O)N1C2CC3CCC34C(C)(C)C24CS1(=O)=O. The van der Waals surface area contributed by atoms with Gasteiger partial charge >= 0.3 is 0 Å². The highest BCUT2D eigenvalue weighted by Gasteiger charge is 2.95. The van der Waals surface area contributed by atoms with E-state index in [-0.39, 0.29) is 40.1 Å². The second kappa shape index (κ2) is 5.34. The number of allylic oxidation sites excluding steroid dienone is 1. The maximum absolute atomic E-state index is 13.3. The van der Waals surface area contributed by atoms with E-state index < -0.39 is 15.9 Å². The van der Waals surface area contributed by atoms with Crippen LogP contribution in [0.5, 0.6) is 0 Å². The Balaban J connectivity index is 1.65. The first-order valence-corrected chi connectivity index (χ1v) is 11.4. The molecule has 1 heterocycles.